The second kappa shape index (κ2) is 9.62. The van der Waals surface area contributed by atoms with Gasteiger partial charge in [0.1, 0.15) is 5.82 Å². The van der Waals surface area contributed by atoms with Crippen molar-refractivity contribution in [3.8, 4) is 0 Å². The second-order valence-corrected chi connectivity index (χ2v) is 5.84. The van der Waals surface area contributed by atoms with E-state index in [9.17, 15) is 9.18 Å². The van der Waals surface area contributed by atoms with Gasteiger partial charge in [-0.15, -0.1) is 12.4 Å². The van der Waals surface area contributed by atoms with Crippen molar-refractivity contribution in [2.75, 3.05) is 13.6 Å². The van der Waals surface area contributed by atoms with E-state index >= 15 is 0 Å². The summed E-state index contributed by atoms with van der Waals surface area (Å²) in [5.41, 5.74) is 2.70. The lowest BCUT2D eigenvalue weighted by atomic mass is 9.97. The Bertz CT molecular complexity index is 677. The van der Waals surface area contributed by atoms with Crippen molar-refractivity contribution >= 4 is 29.9 Å². The number of nitrogens with one attached hydrogen (secondary N) is 2. The van der Waals surface area contributed by atoms with E-state index < -0.39 is 11.9 Å². The molecular formula is C18H21Cl2FN2O. The van der Waals surface area contributed by atoms with E-state index in [0.29, 0.717) is 23.6 Å². The molecule has 2 aromatic rings. The minimum absolute atomic E-state index is 0. The van der Waals surface area contributed by atoms with Crippen LogP contribution in [0.2, 0.25) is 5.02 Å². The molecule has 0 spiro atoms. The van der Waals surface area contributed by atoms with Crippen LogP contribution in [0.15, 0.2) is 42.5 Å². The molecule has 0 heterocycles. The third kappa shape index (κ3) is 5.48. The molecule has 3 nitrogen and oxygen atoms in total. The van der Waals surface area contributed by atoms with Gasteiger partial charge in [0.15, 0.2) is 0 Å². The predicted molar refractivity (Wildman–Crippen MR) is 98.4 cm³/mol. The average molecular weight is 371 g/mol. The van der Waals surface area contributed by atoms with Gasteiger partial charge in [-0.05, 0) is 37.2 Å². The fraction of sp³-hybridized carbons (Fsp3) is 0.278. The van der Waals surface area contributed by atoms with Crippen molar-refractivity contribution in [2.24, 2.45) is 0 Å². The Labute approximate surface area is 153 Å². The van der Waals surface area contributed by atoms with E-state index in [1.807, 2.05) is 31.2 Å². The number of hydrogen-bond acceptors (Lipinski definition) is 2. The molecule has 24 heavy (non-hydrogen) atoms. The van der Waals surface area contributed by atoms with Crippen LogP contribution in [0.1, 0.15) is 29.2 Å². The molecule has 0 aliphatic heterocycles. The Balaban J connectivity index is 0.00000288. The van der Waals surface area contributed by atoms with Crippen LogP contribution in [0.3, 0.4) is 0 Å². The number of halogens is 3. The van der Waals surface area contributed by atoms with Gasteiger partial charge in [-0.1, -0.05) is 47.5 Å². The lowest BCUT2D eigenvalue weighted by Gasteiger charge is -2.21. The molecule has 0 bridgehead atoms. The van der Waals surface area contributed by atoms with Crippen molar-refractivity contribution in [3.05, 3.63) is 70.0 Å². The molecule has 2 N–H and O–H groups in total. The molecule has 0 fully saturated rings. The second-order valence-electron chi connectivity index (χ2n) is 5.43. The topological polar surface area (TPSA) is 41.1 Å². The molecule has 1 atom stereocenters. The number of benzene rings is 2. The molecule has 2 rings (SSSR count). The number of carbonyl (C=O) groups is 1. The quantitative estimate of drug-likeness (QED) is 0.805. The molecule has 0 radical (unpaired) electrons. The SMILES string of the molecule is CNCCC(=O)NC(c1ccc(C)cc1)c1ccc(F)cc1Cl.Cl. The molecule has 1 unspecified atom stereocenters. The summed E-state index contributed by atoms with van der Waals surface area (Å²) < 4.78 is 13.3. The highest BCUT2D eigenvalue weighted by atomic mass is 35.5. The molecule has 6 heteroatoms. The van der Waals surface area contributed by atoms with Gasteiger partial charge in [0.25, 0.3) is 0 Å². The van der Waals surface area contributed by atoms with E-state index in [1.54, 1.807) is 13.1 Å². The van der Waals surface area contributed by atoms with Crippen LogP contribution in [-0.4, -0.2) is 19.5 Å². The van der Waals surface area contributed by atoms with Crippen LogP contribution in [0.4, 0.5) is 4.39 Å². The van der Waals surface area contributed by atoms with Gasteiger partial charge in [-0.3, -0.25) is 4.79 Å². The molecule has 2 aromatic carbocycles. The smallest absolute Gasteiger partial charge is 0.222 e. The Morgan fingerprint density at radius 1 is 1.21 bits per heavy atom. The van der Waals surface area contributed by atoms with Crippen molar-refractivity contribution in [2.45, 2.75) is 19.4 Å². The first-order chi connectivity index (χ1) is 11.0. The zero-order valence-electron chi connectivity index (χ0n) is 13.6. The maximum absolute atomic E-state index is 13.3. The zero-order chi connectivity index (χ0) is 16.8. The van der Waals surface area contributed by atoms with E-state index in [0.717, 1.165) is 11.1 Å². The first kappa shape index (κ1) is 20.4. The first-order valence-corrected chi connectivity index (χ1v) is 7.84. The molecule has 0 aliphatic carbocycles. The molecule has 0 aromatic heterocycles. The van der Waals surface area contributed by atoms with Crippen molar-refractivity contribution in [1.82, 2.24) is 10.6 Å². The summed E-state index contributed by atoms with van der Waals surface area (Å²) in [6, 6.07) is 11.6. The number of rotatable bonds is 6. The van der Waals surface area contributed by atoms with E-state index in [4.69, 9.17) is 11.6 Å². The van der Waals surface area contributed by atoms with Gasteiger partial charge in [-0.25, -0.2) is 4.39 Å². The van der Waals surface area contributed by atoms with Crippen LogP contribution in [0.25, 0.3) is 0 Å². The number of aryl methyl sites for hydroxylation is 1. The summed E-state index contributed by atoms with van der Waals surface area (Å²) in [4.78, 5) is 12.1. The van der Waals surface area contributed by atoms with Gasteiger partial charge >= 0.3 is 0 Å². The molecule has 0 saturated carbocycles. The summed E-state index contributed by atoms with van der Waals surface area (Å²) in [5.74, 6) is -0.492. The van der Waals surface area contributed by atoms with Crippen molar-refractivity contribution < 1.29 is 9.18 Å². The first-order valence-electron chi connectivity index (χ1n) is 7.46. The van der Waals surface area contributed by atoms with E-state index in [2.05, 4.69) is 10.6 Å². The van der Waals surface area contributed by atoms with Crippen molar-refractivity contribution in [1.29, 1.82) is 0 Å². The number of hydrogen-bond donors (Lipinski definition) is 2. The summed E-state index contributed by atoms with van der Waals surface area (Å²) in [6.07, 6.45) is 0.359. The van der Waals surface area contributed by atoms with Crippen LogP contribution in [0, 0.1) is 12.7 Å². The summed E-state index contributed by atoms with van der Waals surface area (Å²) in [7, 11) is 1.79. The van der Waals surface area contributed by atoms with E-state index in [-0.39, 0.29) is 18.3 Å². The molecule has 1 amide bonds. The standard InChI is InChI=1S/C18H20ClFN2O.ClH/c1-12-3-5-13(6-4-12)18(22-17(23)9-10-21-2)15-8-7-14(20)11-16(15)19;/h3-8,11,18,21H,9-10H2,1-2H3,(H,22,23);1H. The van der Waals surface area contributed by atoms with Gasteiger partial charge < -0.3 is 10.6 Å². The van der Waals surface area contributed by atoms with Gasteiger partial charge in [0.2, 0.25) is 5.91 Å². The maximum Gasteiger partial charge on any atom is 0.222 e. The molecule has 0 saturated heterocycles. The van der Waals surface area contributed by atoms with Crippen molar-refractivity contribution in [3.63, 3.8) is 0 Å². The lowest BCUT2D eigenvalue weighted by Crippen LogP contribution is -2.31. The number of amides is 1. The largest absolute Gasteiger partial charge is 0.345 e. The Morgan fingerprint density at radius 3 is 2.46 bits per heavy atom. The minimum atomic E-state index is -0.409. The third-order valence-electron chi connectivity index (χ3n) is 3.59. The van der Waals surface area contributed by atoms with Gasteiger partial charge in [-0.2, -0.15) is 0 Å². The summed E-state index contributed by atoms with van der Waals surface area (Å²) in [5, 5.41) is 6.22. The fourth-order valence-electron chi connectivity index (χ4n) is 2.31. The monoisotopic (exact) mass is 370 g/mol. The van der Waals surface area contributed by atoms with Crippen LogP contribution in [-0.2, 0) is 4.79 Å². The van der Waals surface area contributed by atoms with Crippen LogP contribution < -0.4 is 10.6 Å². The fourth-order valence-corrected chi connectivity index (χ4v) is 2.58. The predicted octanol–water partition coefficient (Wildman–Crippen LogP) is 4.02. The summed E-state index contributed by atoms with van der Waals surface area (Å²) in [6.45, 7) is 2.58. The minimum Gasteiger partial charge on any atom is -0.345 e. The van der Waals surface area contributed by atoms with Crippen LogP contribution in [0.5, 0.6) is 0 Å². The average Bonchev–Trinajstić information content (AvgIpc) is 2.52. The van der Waals surface area contributed by atoms with Gasteiger partial charge in [0, 0.05) is 18.0 Å². The van der Waals surface area contributed by atoms with Crippen LogP contribution >= 0.6 is 24.0 Å². The third-order valence-corrected chi connectivity index (χ3v) is 3.92. The summed E-state index contributed by atoms with van der Waals surface area (Å²) >= 11 is 6.19. The molecule has 130 valence electrons. The zero-order valence-corrected chi connectivity index (χ0v) is 15.2. The normalized spacial score (nSPS) is 11.5. The van der Waals surface area contributed by atoms with E-state index in [1.165, 1.54) is 12.1 Å². The maximum atomic E-state index is 13.3. The number of carbonyl (C=O) groups excluding carboxylic acids is 1. The Morgan fingerprint density at radius 2 is 1.88 bits per heavy atom. The van der Waals surface area contributed by atoms with Gasteiger partial charge in [0.05, 0.1) is 6.04 Å². The Hall–Kier alpha value is -1.62. The lowest BCUT2D eigenvalue weighted by molar-refractivity contribution is -0.121. The molecule has 0 aliphatic rings. The highest BCUT2D eigenvalue weighted by Crippen LogP contribution is 2.29. The Kier molecular flexibility index (Phi) is 8.19. The highest BCUT2D eigenvalue weighted by molar-refractivity contribution is 6.31. The molecular weight excluding hydrogens is 350 g/mol. The highest BCUT2D eigenvalue weighted by Gasteiger charge is 2.19.